The molecule has 1 aromatic carbocycles. The van der Waals surface area contributed by atoms with Gasteiger partial charge in [-0.05, 0) is 44.0 Å². The van der Waals surface area contributed by atoms with Crippen LogP contribution in [0.5, 0.6) is 5.75 Å². The maximum Gasteiger partial charge on any atom is 0.255 e. The average Bonchev–Trinajstić information content (AvgIpc) is 2.84. The topological polar surface area (TPSA) is 93.5 Å². The minimum atomic E-state index is -0.462. The summed E-state index contributed by atoms with van der Waals surface area (Å²) in [7, 11) is 0. The van der Waals surface area contributed by atoms with Crippen molar-refractivity contribution in [3.05, 3.63) is 29.3 Å². The Kier molecular flexibility index (Phi) is 5.16. The molecule has 0 spiro atoms. The van der Waals surface area contributed by atoms with Crippen LogP contribution in [0, 0.1) is 6.92 Å². The molecule has 1 heterocycles. The van der Waals surface area contributed by atoms with Crippen LogP contribution in [-0.4, -0.2) is 37.6 Å². The lowest BCUT2D eigenvalue weighted by Gasteiger charge is -2.14. The minimum Gasteiger partial charge on any atom is -0.493 e. The summed E-state index contributed by atoms with van der Waals surface area (Å²) in [6.45, 7) is 3.53. The first kappa shape index (κ1) is 15.3. The van der Waals surface area contributed by atoms with E-state index in [1.54, 1.807) is 6.07 Å². The number of carbonyl (C=O) groups is 2. The van der Waals surface area contributed by atoms with Crippen LogP contribution in [0.25, 0.3) is 0 Å². The van der Waals surface area contributed by atoms with Crippen molar-refractivity contribution >= 4 is 11.8 Å². The summed E-state index contributed by atoms with van der Waals surface area (Å²) in [6.07, 6.45) is 1.33. The van der Waals surface area contributed by atoms with Gasteiger partial charge in [0.25, 0.3) is 5.91 Å². The number of aryl methyl sites for hydroxylation is 1. The summed E-state index contributed by atoms with van der Waals surface area (Å²) in [4.78, 5) is 23.8. The molecule has 1 saturated heterocycles. The van der Waals surface area contributed by atoms with E-state index in [1.807, 2.05) is 19.1 Å². The molecule has 0 aromatic heterocycles. The fourth-order valence-corrected chi connectivity index (χ4v) is 2.17. The lowest BCUT2D eigenvalue weighted by Crippen LogP contribution is -2.40. The van der Waals surface area contributed by atoms with Crippen LogP contribution in [0.4, 0.5) is 0 Å². The number of hydrogen-bond donors (Lipinski definition) is 3. The molecule has 0 saturated carbocycles. The molecular weight excluding hydrogens is 270 g/mol. The average molecular weight is 291 g/mol. The van der Waals surface area contributed by atoms with Gasteiger partial charge in [0.1, 0.15) is 11.8 Å². The van der Waals surface area contributed by atoms with E-state index in [-0.39, 0.29) is 11.8 Å². The van der Waals surface area contributed by atoms with E-state index in [9.17, 15) is 9.59 Å². The monoisotopic (exact) mass is 291 g/mol. The van der Waals surface area contributed by atoms with Crippen LogP contribution in [0.2, 0.25) is 0 Å². The van der Waals surface area contributed by atoms with Gasteiger partial charge < -0.3 is 21.1 Å². The zero-order chi connectivity index (χ0) is 15.2. The molecule has 4 N–H and O–H groups in total. The van der Waals surface area contributed by atoms with Crippen LogP contribution >= 0.6 is 0 Å². The predicted molar refractivity (Wildman–Crippen MR) is 79.2 cm³/mol. The van der Waals surface area contributed by atoms with Crippen LogP contribution < -0.4 is 21.1 Å². The zero-order valence-electron chi connectivity index (χ0n) is 12.1. The van der Waals surface area contributed by atoms with Gasteiger partial charge in [0.15, 0.2) is 0 Å². The summed E-state index contributed by atoms with van der Waals surface area (Å²) in [5.41, 5.74) is 6.89. The molecule has 1 aromatic rings. The number of benzene rings is 1. The van der Waals surface area contributed by atoms with Gasteiger partial charge in [-0.3, -0.25) is 9.59 Å². The van der Waals surface area contributed by atoms with Gasteiger partial charge in [-0.1, -0.05) is 6.07 Å². The standard InChI is InChI=1S/C15H21N3O3/c1-10-3-4-11(13(9-10)21-8-2-6-16)14(19)18-12-5-7-17-15(12)20/h3-4,9,12H,2,5-8,16H2,1H3,(H,17,20)(H,18,19). The smallest absolute Gasteiger partial charge is 0.255 e. The third-order valence-electron chi connectivity index (χ3n) is 3.34. The molecule has 21 heavy (non-hydrogen) atoms. The maximum atomic E-state index is 12.3. The summed E-state index contributed by atoms with van der Waals surface area (Å²) >= 11 is 0. The van der Waals surface area contributed by atoms with Gasteiger partial charge in [0, 0.05) is 6.54 Å². The first-order chi connectivity index (χ1) is 10.1. The van der Waals surface area contributed by atoms with Crippen molar-refractivity contribution in [1.82, 2.24) is 10.6 Å². The predicted octanol–water partition coefficient (Wildman–Crippen LogP) is 0.341. The Labute approximate surface area is 124 Å². The lowest BCUT2D eigenvalue weighted by atomic mass is 10.1. The summed E-state index contributed by atoms with van der Waals surface area (Å²) in [6, 6.07) is 4.92. The number of nitrogens with two attached hydrogens (primary N) is 1. The molecule has 1 unspecified atom stereocenters. The maximum absolute atomic E-state index is 12.3. The van der Waals surface area contributed by atoms with Gasteiger partial charge in [-0.2, -0.15) is 0 Å². The Balaban J connectivity index is 2.09. The largest absolute Gasteiger partial charge is 0.493 e. The number of rotatable bonds is 6. The molecule has 6 nitrogen and oxygen atoms in total. The Morgan fingerprint density at radius 3 is 3.00 bits per heavy atom. The second-order valence-electron chi connectivity index (χ2n) is 5.10. The second kappa shape index (κ2) is 7.08. The van der Waals surface area contributed by atoms with Crippen LogP contribution in [0.15, 0.2) is 18.2 Å². The molecule has 1 fully saturated rings. The molecule has 0 bridgehead atoms. The van der Waals surface area contributed by atoms with Crippen molar-refractivity contribution < 1.29 is 14.3 Å². The van der Waals surface area contributed by atoms with Crippen molar-refractivity contribution in [2.45, 2.75) is 25.8 Å². The second-order valence-corrected chi connectivity index (χ2v) is 5.10. The SMILES string of the molecule is Cc1ccc(C(=O)NC2CCNC2=O)c(OCCCN)c1. The van der Waals surface area contributed by atoms with Crippen LogP contribution in [-0.2, 0) is 4.79 Å². The summed E-state index contributed by atoms with van der Waals surface area (Å²) in [5.74, 6) is 0.0974. The molecule has 2 amide bonds. The normalized spacial score (nSPS) is 17.4. The highest BCUT2D eigenvalue weighted by atomic mass is 16.5. The van der Waals surface area contributed by atoms with Gasteiger partial charge >= 0.3 is 0 Å². The summed E-state index contributed by atoms with van der Waals surface area (Å²) in [5, 5.41) is 5.43. The molecular formula is C15H21N3O3. The van der Waals surface area contributed by atoms with E-state index in [0.29, 0.717) is 37.4 Å². The molecule has 0 aliphatic carbocycles. The number of amides is 2. The van der Waals surface area contributed by atoms with E-state index in [0.717, 1.165) is 12.0 Å². The zero-order valence-corrected chi connectivity index (χ0v) is 12.1. The highest BCUT2D eigenvalue weighted by Gasteiger charge is 2.26. The Morgan fingerprint density at radius 1 is 1.52 bits per heavy atom. The van der Waals surface area contributed by atoms with E-state index in [1.165, 1.54) is 0 Å². The van der Waals surface area contributed by atoms with Crippen molar-refractivity contribution in [2.24, 2.45) is 5.73 Å². The highest BCUT2D eigenvalue weighted by molar-refractivity contribution is 6.00. The Hall–Kier alpha value is -2.08. The third kappa shape index (κ3) is 3.95. The van der Waals surface area contributed by atoms with E-state index < -0.39 is 6.04 Å². The molecule has 6 heteroatoms. The fraction of sp³-hybridized carbons (Fsp3) is 0.467. The van der Waals surface area contributed by atoms with Gasteiger partial charge in [0.2, 0.25) is 5.91 Å². The number of carbonyl (C=O) groups excluding carboxylic acids is 2. The minimum absolute atomic E-state index is 0.138. The first-order valence-corrected chi connectivity index (χ1v) is 7.14. The van der Waals surface area contributed by atoms with Gasteiger partial charge in [-0.15, -0.1) is 0 Å². The van der Waals surface area contributed by atoms with E-state index >= 15 is 0 Å². The number of ether oxygens (including phenoxy) is 1. The summed E-state index contributed by atoms with van der Waals surface area (Å²) < 4.78 is 5.63. The van der Waals surface area contributed by atoms with Gasteiger partial charge in [0.05, 0.1) is 12.2 Å². The third-order valence-corrected chi connectivity index (χ3v) is 3.34. The fourth-order valence-electron chi connectivity index (χ4n) is 2.17. The number of nitrogens with one attached hydrogen (secondary N) is 2. The van der Waals surface area contributed by atoms with Crippen LogP contribution in [0.3, 0.4) is 0 Å². The van der Waals surface area contributed by atoms with Crippen molar-refractivity contribution in [2.75, 3.05) is 19.7 Å². The van der Waals surface area contributed by atoms with Crippen molar-refractivity contribution in [1.29, 1.82) is 0 Å². The Bertz CT molecular complexity index is 531. The number of hydrogen-bond acceptors (Lipinski definition) is 4. The van der Waals surface area contributed by atoms with Crippen LogP contribution in [0.1, 0.15) is 28.8 Å². The molecule has 2 rings (SSSR count). The quantitative estimate of drug-likeness (QED) is 0.659. The van der Waals surface area contributed by atoms with Crippen molar-refractivity contribution in [3.8, 4) is 5.75 Å². The molecule has 1 aliphatic rings. The van der Waals surface area contributed by atoms with E-state index in [4.69, 9.17) is 10.5 Å². The molecule has 1 atom stereocenters. The Morgan fingerprint density at radius 2 is 2.33 bits per heavy atom. The first-order valence-electron chi connectivity index (χ1n) is 7.14. The van der Waals surface area contributed by atoms with Crippen molar-refractivity contribution in [3.63, 3.8) is 0 Å². The molecule has 0 radical (unpaired) electrons. The molecule has 114 valence electrons. The van der Waals surface area contributed by atoms with Gasteiger partial charge in [-0.25, -0.2) is 0 Å². The van der Waals surface area contributed by atoms with E-state index in [2.05, 4.69) is 10.6 Å². The molecule has 1 aliphatic heterocycles. The highest BCUT2D eigenvalue weighted by Crippen LogP contribution is 2.21. The lowest BCUT2D eigenvalue weighted by molar-refractivity contribution is -0.120.